The van der Waals surface area contributed by atoms with Crippen molar-refractivity contribution in [2.24, 2.45) is 5.92 Å². The number of hydrogen-bond donors (Lipinski definition) is 0. The van der Waals surface area contributed by atoms with Crippen LogP contribution >= 0.6 is 15.9 Å². The van der Waals surface area contributed by atoms with E-state index in [1.54, 1.807) is 0 Å². The first-order valence-electron chi connectivity index (χ1n) is 9.89. The minimum atomic E-state index is 0.664. The van der Waals surface area contributed by atoms with Crippen molar-refractivity contribution in [2.45, 2.75) is 54.5 Å². The highest BCUT2D eigenvalue weighted by Gasteiger charge is 2.21. The molecule has 0 fully saturated rings. The lowest BCUT2D eigenvalue weighted by molar-refractivity contribution is 0.521. The third-order valence-electron chi connectivity index (χ3n) is 5.46. The number of aromatic nitrogens is 4. The maximum Gasteiger partial charge on any atom is 0.165 e. The Morgan fingerprint density at radius 3 is 2.46 bits per heavy atom. The second kappa shape index (κ2) is 7.03. The van der Waals surface area contributed by atoms with E-state index in [4.69, 9.17) is 10.1 Å². The molecule has 0 atom stereocenters. The topological polar surface area (TPSA) is 35.1 Å². The van der Waals surface area contributed by atoms with Crippen LogP contribution in [0.25, 0.3) is 27.8 Å². The second-order valence-corrected chi connectivity index (χ2v) is 9.11. The van der Waals surface area contributed by atoms with E-state index in [0.717, 1.165) is 45.7 Å². The summed E-state index contributed by atoms with van der Waals surface area (Å²) in [5.41, 5.74) is 8.90. The molecule has 4 rings (SSSR count). The average molecular weight is 439 g/mol. The van der Waals surface area contributed by atoms with Gasteiger partial charge in [0.25, 0.3) is 0 Å². The van der Waals surface area contributed by atoms with Gasteiger partial charge in [-0.05, 0) is 63.3 Å². The van der Waals surface area contributed by atoms with Crippen LogP contribution in [-0.2, 0) is 6.54 Å². The van der Waals surface area contributed by atoms with Crippen molar-refractivity contribution in [1.29, 1.82) is 0 Å². The Morgan fingerprint density at radius 1 is 1.04 bits per heavy atom. The predicted molar refractivity (Wildman–Crippen MR) is 120 cm³/mol. The molecule has 146 valence electrons. The third-order valence-corrected chi connectivity index (χ3v) is 6.09. The van der Waals surface area contributed by atoms with Crippen molar-refractivity contribution in [3.05, 3.63) is 51.4 Å². The maximum absolute atomic E-state index is 4.98. The average Bonchev–Trinajstić information content (AvgIpc) is 3.15. The van der Waals surface area contributed by atoms with E-state index >= 15 is 0 Å². The van der Waals surface area contributed by atoms with Gasteiger partial charge >= 0.3 is 0 Å². The van der Waals surface area contributed by atoms with Crippen LogP contribution in [0.3, 0.4) is 0 Å². The zero-order valence-electron chi connectivity index (χ0n) is 17.5. The largest absolute Gasteiger partial charge is 0.332 e. The van der Waals surface area contributed by atoms with Crippen LogP contribution in [0.2, 0.25) is 0 Å². The SMILES string of the molecule is Cc1cc(C)c(-c2c(C)nn3c2nc(C)c2ccn(CCC(C)C)c23)c(Br)c1. The van der Waals surface area contributed by atoms with Crippen molar-refractivity contribution in [1.82, 2.24) is 19.2 Å². The molecule has 0 aliphatic carbocycles. The van der Waals surface area contributed by atoms with Gasteiger partial charge in [-0.1, -0.05) is 35.8 Å². The van der Waals surface area contributed by atoms with E-state index in [0.29, 0.717) is 5.92 Å². The highest BCUT2D eigenvalue weighted by Crippen LogP contribution is 2.38. The molecule has 0 aliphatic heterocycles. The van der Waals surface area contributed by atoms with Gasteiger partial charge in [-0.3, -0.25) is 0 Å². The highest BCUT2D eigenvalue weighted by atomic mass is 79.9. The van der Waals surface area contributed by atoms with E-state index in [1.807, 2.05) is 4.52 Å². The molecule has 0 N–H and O–H groups in total. The molecule has 0 amide bonds. The summed E-state index contributed by atoms with van der Waals surface area (Å²) < 4.78 is 5.46. The van der Waals surface area contributed by atoms with Gasteiger partial charge in [-0.25, -0.2) is 4.98 Å². The van der Waals surface area contributed by atoms with Gasteiger partial charge in [-0.15, -0.1) is 0 Å². The molecule has 0 spiro atoms. The molecule has 3 aromatic heterocycles. The van der Waals surface area contributed by atoms with Crippen LogP contribution in [0.4, 0.5) is 0 Å². The summed E-state index contributed by atoms with van der Waals surface area (Å²) in [6.45, 7) is 14.0. The molecule has 0 unspecified atom stereocenters. The molecule has 4 aromatic rings. The molecule has 3 heterocycles. The highest BCUT2D eigenvalue weighted by molar-refractivity contribution is 9.10. The number of benzene rings is 1. The Bertz CT molecular complexity index is 1170. The molecule has 0 bridgehead atoms. The van der Waals surface area contributed by atoms with E-state index in [-0.39, 0.29) is 0 Å². The van der Waals surface area contributed by atoms with E-state index in [9.17, 15) is 0 Å². The van der Waals surface area contributed by atoms with Crippen LogP contribution in [0.15, 0.2) is 28.9 Å². The van der Waals surface area contributed by atoms with Crippen LogP contribution < -0.4 is 0 Å². The van der Waals surface area contributed by atoms with Crippen molar-refractivity contribution >= 4 is 32.6 Å². The Kier molecular flexibility index (Phi) is 4.82. The fraction of sp³-hybridized carbons (Fsp3) is 0.391. The molecule has 28 heavy (non-hydrogen) atoms. The van der Waals surface area contributed by atoms with Gasteiger partial charge in [0.05, 0.1) is 17.0 Å². The zero-order chi connectivity index (χ0) is 20.2. The van der Waals surface area contributed by atoms with Crippen molar-refractivity contribution in [3.8, 4) is 11.1 Å². The predicted octanol–water partition coefficient (Wildman–Crippen LogP) is 6.39. The molecular formula is C23H27BrN4. The third kappa shape index (κ3) is 3.06. The van der Waals surface area contributed by atoms with Crippen LogP contribution in [0, 0.1) is 33.6 Å². The van der Waals surface area contributed by atoms with Crippen LogP contribution in [-0.4, -0.2) is 19.2 Å². The zero-order valence-corrected chi connectivity index (χ0v) is 19.1. The number of fused-ring (bicyclic) bond motifs is 3. The number of nitrogens with zero attached hydrogens (tertiary/aromatic N) is 4. The Balaban J connectivity index is 2.03. The van der Waals surface area contributed by atoms with Gasteiger partial charge in [0.2, 0.25) is 0 Å². The summed E-state index contributed by atoms with van der Waals surface area (Å²) >= 11 is 3.79. The van der Waals surface area contributed by atoms with Gasteiger partial charge in [0.15, 0.2) is 5.65 Å². The van der Waals surface area contributed by atoms with Crippen LogP contribution in [0.1, 0.15) is 42.8 Å². The summed E-state index contributed by atoms with van der Waals surface area (Å²) in [5.74, 6) is 0.664. The Hall–Kier alpha value is -2.14. The van der Waals surface area contributed by atoms with Gasteiger partial charge < -0.3 is 4.57 Å². The molecule has 0 saturated heterocycles. The quantitative estimate of drug-likeness (QED) is 0.369. The Labute approximate surface area is 174 Å². The first-order chi connectivity index (χ1) is 13.3. The van der Waals surface area contributed by atoms with Crippen molar-refractivity contribution in [2.75, 3.05) is 0 Å². The molecule has 0 saturated carbocycles. The molecule has 4 nitrogen and oxygen atoms in total. The van der Waals surface area contributed by atoms with E-state index in [1.165, 1.54) is 22.1 Å². The number of aryl methyl sites for hydroxylation is 5. The second-order valence-electron chi connectivity index (χ2n) is 8.26. The van der Waals surface area contributed by atoms with Gasteiger partial charge in [-0.2, -0.15) is 9.61 Å². The fourth-order valence-corrected chi connectivity index (χ4v) is 4.94. The summed E-state index contributed by atoms with van der Waals surface area (Å²) in [5, 5.41) is 6.11. The molecular weight excluding hydrogens is 412 g/mol. The first kappa shape index (κ1) is 19.2. The standard InChI is InChI=1S/C23H27BrN4/c1-13(2)7-9-27-10-8-18-16(5)25-22-21(17(6)26-28(22)23(18)27)20-15(4)11-14(3)12-19(20)24/h8,10-13H,7,9H2,1-6H3. The molecule has 0 radical (unpaired) electrons. The van der Waals surface area contributed by atoms with Crippen LogP contribution in [0.5, 0.6) is 0 Å². The minimum absolute atomic E-state index is 0.664. The fourth-order valence-electron chi connectivity index (χ4n) is 4.07. The summed E-state index contributed by atoms with van der Waals surface area (Å²) in [6, 6.07) is 6.56. The lowest BCUT2D eigenvalue weighted by atomic mass is 9.99. The number of halogens is 1. The minimum Gasteiger partial charge on any atom is -0.332 e. The first-order valence-corrected chi connectivity index (χ1v) is 10.7. The van der Waals surface area contributed by atoms with E-state index in [2.05, 4.69) is 86.4 Å². The van der Waals surface area contributed by atoms with Gasteiger partial charge in [0, 0.05) is 28.2 Å². The van der Waals surface area contributed by atoms with Crippen molar-refractivity contribution in [3.63, 3.8) is 0 Å². The molecule has 0 aliphatic rings. The number of rotatable bonds is 4. The lowest BCUT2D eigenvalue weighted by Crippen LogP contribution is -2.05. The normalized spacial score (nSPS) is 12.0. The Morgan fingerprint density at radius 2 is 1.79 bits per heavy atom. The number of hydrogen-bond acceptors (Lipinski definition) is 2. The lowest BCUT2D eigenvalue weighted by Gasteiger charge is -2.11. The van der Waals surface area contributed by atoms with Gasteiger partial charge in [0.1, 0.15) is 5.65 Å². The summed E-state index contributed by atoms with van der Waals surface area (Å²) in [6.07, 6.45) is 3.31. The van der Waals surface area contributed by atoms with Crippen molar-refractivity contribution < 1.29 is 0 Å². The summed E-state index contributed by atoms with van der Waals surface area (Å²) in [7, 11) is 0. The summed E-state index contributed by atoms with van der Waals surface area (Å²) in [4.78, 5) is 4.98. The van der Waals surface area contributed by atoms with E-state index < -0.39 is 0 Å². The molecule has 1 aromatic carbocycles. The molecule has 5 heteroatoms. The maximum atomic E-state index is 4.98. The monoisotopic (exact) mass is 438 g/mol. The smallest absolute Gasteiger partial charge is 0.165 e.